The lowest BCUT2D eigenvalue weighted by molar-refractivity contribution is -0.150. The van der Waals surface area contributed by atoms with Gasteiger partial charge in [0.1, 0.15) is 5.52 Å². The number of rotatable bonds is 1. The van der Waals surface area contributed by atoms with E-state index in [1.54, 1.807) is 25.1 Å². The average molecular weight is 234 g/mol. The van der Waals surface area contributed by atoms with E-state index in [2.05, 4.69) is 15.0 Å². The Morgan fingerprint density at radius 1 is 1.41 bits per heavy atom. The second kappa shape index (κ2) is 4.25. The molecule has 17 heavy (non-hydrogen) atoms. The van der Waals surface area contributed by atoms with Crippen LogP contribution in [-0.4, -0.2) is 24.0 Å². The smallest absolute Gasteiger partial charge is 0.396 e. The van der Waals surface area contributed by atoms with Gasteiger partial charge in [-0.3, -0.25) is 4.79 Å². The molecule has 1 amide bonds. The van der Waals surface area contributed by atoms with E-state index in [4.69, 9.17) is 4.42 Å². The fourth-order valence-corrected chi connectivity index (χ4v) is 1.39. The van der Waals surface area contributed by atoms with Crippen molar-refractivity contribution in [3.05, 3.63) is 24.1 Å². The summed E-state index contributed by atoms with van der Waals surface area (Å²) in [5.41, 5.74) is 1.69. The molecule has 0 saturated heterocycles. The van der Waals surface area contributed by atoms with Gasteiger partial charge in [-0.1, -0.05) is 0 Å². The molecule has 0 saturated carbocycles. The number of amides is 1. The van der Waals surface area contributed by atoms with Crippen LogP contribution in [0.5, 0.6) is 0 Å². The maximum Gasteiger partial charge on any atom is 0.396 e. The van der Waals surface area contributed by atoms with Crippen LogP contribution in [-0.2, 0) is 14.3 Å². The number of aromatic nitrogens is 1. The Morgan fingerprint density at radius 2 is 2.18 bits per heavy atom. The lowest BCUT2D eigenvalue weighted by Gasteiger charge is -2.02. The molecule has 1 heterocycles. The number of anilines is 1. The van der Waals surface area contributed by atoms with E-state index in [9.17, 15) is 9.59 Å². The molecule has 6 heteroatoms. The minimum Gasteiger partial charge on any atom is -0.462 e. The molecule has 0 atom stereocenters. The monoisotopic (exact) mass is 234 g/mol. The number of fused-ring (bicyclic) bond motifs is 1. The van der Waals surface area contributed by atoms with Gasteiger partial charge in [0, 0.05) is 18.7 Å². The number of nitrogens with zero attached hydrogens (tertiary/aromatic N) is 1. The van der Waals surface area contributed by atoms with E-state index in [1.807, 2.05) is 0 Å². The summed E-state index contributed by atoms with van der Waals surface area (Å²) >= 11 is 0. The highest BCUT2D eigenvalue weighted by atomic mass is 16.5. The predicted molar refractivity (Wildman–Crippen MR) is 59.4 cm³/mol. The van der Waals surface area contributed by atoms with Crippen LogP contribution >= 0.6 is 0 Å². The number of carbonyl (C=O) groups excluding carboxylic acids is 2. The van der Waals surface area contributed by atoms with Crippen LogP contribution < -0.4 is 5.32 Å². The number of esters is 1. The first-order chi connectivity index (χ1) is 8.10. The number of oxazole rings is 1. The molecule has 0 aliphatic heterocycles. The van der Waals surface area contributed by atoms with Crippen molar-refractivity contribution in [2.24, 2.45) is 0 Å². The number of benzene rings is 1. The summed E-state index contributed by atoms with van der Waals surface area (Å²) in [5, 5.41) is 2.39. The molecule has 0 unspecified atom stereocenters. The van der Waals surface area contributed by atoms with Crippen molar-refractivity contribution < 1.29 is 18.7 Å². The van der Waals surface area contributed by atoms with Gasteiger partial charge in [-0.15, -0.1) is 0 Å². The van der Waals surface area contributed by atoms with Gasteiger partial charge in [-0.2, -0.15) is 0 Å². The molecule has 1 aromatic heterocycles. The minimum absolute atomic E-state index is 0.448. The molecular formula is C11H10N2O4. The highest BCUT2D eigenvalue weighted by molar-refractivity contribution is 6.37. The molecule has 2 rings (SSSR count). The minimum atomic E-state index is -0.946. The van der Waals surface area contributed by atoms with Gasteiger partial charge < -0.3 is 14.5 Å². The number of hydrogen-bond donors (Lipinski definition) is 1. The summed E-state index contributed by atoms with van der Waals surface area (Å²) in [5.74, 6) is -1.24. The van der Waals surface area contributed by atoms with Gasteiger partial charge in [0.05, 0.1) is 7.11 Å². The number of ether oxygens (including phenoxy) is 1. The number of carbonyl (C=O) groups is 2. The number of methoxy groups -OCH3 is 1. The molecule has 0 spiro atoms. The second-order valence-electron chi connectivity index (χ2n) is 3.36. The molecule has 0 radical (unpaired) electrons. The number of nitrogens with one attached hydrogen (secondary N) is 1. The highest BCUT2D eigenvalue weighted by Gasteiger charge is 2.14. The van der Waals surface area contributed by atoms with Crippen molar-refractivity contribution in [3.63, 3.8) is 0 Å². The van der Waals surface area contributed by atoms with Crippen LogP contribution in [0.2, 0.25) is 0 Å². The third-order valence-corrected chi connectivity index (χ3v) is 2.12. The first-order valence-corrected chi connectivity index (χ1v) is 4.86. The summed E-state index contributed by atoms with van der Waals surface area (Å²) in [6, 6.07) is 4.92. The van der Waals surface area contributed by atoms with Crippen molar-refractivity contribution in [3.8, 4) is 0 Å². The fourth-order valence-electron chi connectivity index (χ4n) is 1.39. The highest BCUT2D eigenvalue weighted by Crippen LogP contribution is 2.19. The molecule has 2 aromatic rings. The molecule has 0 fully saturated rings. The lowest BCUT2D eigenvalue weighted by atomic mass is 10.3. The first kappa shape index (κ1) is 11.1. The zero-order valence-corrected chi connectivity index (χ0v) is 9.31. The standard InChI is InChI=1S/C11H10N2O4/c1-6-12-8-4-3-7(5-9(8)17-6)13-10(14)11(15)16-2/h3-5H,1-2H3,(H,13,14). The van der Waals surface area contributed by atoms with Crippen molar-refractivity contribution >= 4 is 28.7 Å². The van der Waals surface area contributed by atoms with Gasteiger partial charge in [-0.05, 0) is 12.1 Å². The maximum atomic E-state index is 11.3. The molecular weight excluding hydrogens is 224 g/mol. The van der Waals surface area contributed by atoms with Crippen molar-refractivity contribution in [1.29, 1.82) is 0 Å². The van der Waals surface area contributed by atoms with Gasteiger partial charge in [0.15, 0.2) is 11.5 Å². The van der Waals surface area contributed by atoms with E-state index in [1.165, 1.54) is 0 Å². The van der Waals surface area contributed by atoms with Crippen molar-refractivity contribution in [2.75, 3.05) is 12.4 Å². The molecule has 0 bridgehead atoms. The van der Waals surface area contributed by atoms with Crippen LogP contribution in [0.3, 0.4) is 0 Å². The summed E-state index contributed by atoms with van der Waals surface area (Å²) in [6.45, 7) is 1.73. The Morgan fingerprint density at radius 3 is 2.88 bits per heavy atom. The second-order valence-corrected chi connectivity index (χ2v) is 3.36. The number of aryl methyl sites for hydroxylation is 1. The molecule has 88 valence electrons. The summed E-state index contributed by atoms with van der Waals surface area (Å²) in [6.07, 6.45) is 0. The lowest BCUT2D eigenvalue weighted by Crippen LogP contribution is -2.23. The largest absolute Gasteiger partial charge is 0.462 e. The topological polar surface area (TPSA) is 81.4 Å². The molecule has 0 aliphatic rings. The Kier molecular flexibility index (Phi) is 2.78. The molecule has 0 aliphatic carbocycles. The van der Waals surface area contributed by atoms with Gasteiger partial charge in [-0.25, -0.2) is 9.78 Å². The van der Waals surface area contributed by atoms with E-state index in [0.29, 0.717) is 22.7 Å². The Labute approximate surface area is 96.6 Å². The van der Waals surface area contributed by atoms with Crippen LogP contribution in [0.15, 0.2) is 22.6 Å². The number of hydrogen-bond acceptors (Lipinski definition) is 5. The quantitative estimate of drug-likeness (QED) is 0.593. The zero-order chi connectivity index (χ0) is 12.4. The predicted octanol–water partition coefficient (Wildman–Crippen LogP) is 1.25. The van der Waals surface area contributed by atoms with E-state index < -0.39 is 11.9 Å². The summed E-state index contributed by atoms with van der Waals surface area (Å²) in [4.78, 5) is 26.3. The van der Waals surface area contributed by atoms with Crippen molar-refractivity contribution in [2.45, 2.75) is 6.92 Å². The fraction of sp³-hybridized carbons (Fsp3) is 0.182. The van der Waals surface area contributed by atoms with Crippen LogP contribution in [0, 0.1) is 6.92 Å². The SMILES string of the molecule is COC(=O)C(=O)Nc1ccc2nc(C)oc2c1. The van der Waals surface area contributed by atoms with Crippen LogP contribution in [0.4, 0.5) is 5.69 Å². The molecule has 6 nitrogen and oxygen atoms in total. The Hall–Kier alpha value is -2.37. The van der Waals surface area contributed by atoms with E-state index >= 15 is 0 Å². The third kappa shape index (κ3) is 2.25. The normalized spacial score (nSPS) is 10.2. The Balaban J connectivity index is 2.24. The molecule has 1 aromatic carbocycles. The van der Waals surface area contributed by atoms with Crippen LogP contribution in [0.1, 0.15) is 5.89 Å². The van der Waals surface area contributed by atoms with E-state index in [0.717, 1.165) is 7.11 Å². The molecule has 1 N–H and O–H groups in total. The third-order valence-electron chi connectivity index (χ3n) is 2.12. The summed E-state index contributed by atoms with van der Waals surface area (Å²) < 4.78 is 9.59. The van der Waals surface area contributed by atoms with Crippen molar-refractivity contribution in [1.82, 2.24) is 4.98 Å². The Bertz CT molecular complexity index is 588. The maximum absolute atomic E-state index is 11.3. The van der Waals surface area contributed by atoms with Gasteiger partial charge in [0.2, 0.25) is 0 Å². The average Bonchev–Trinajstić information content (AvgIpc) is 2.67. The van der Waals surface area contributed by atoms with Gasteiger partial charge in [0.25, 0.3) is 0 Å². The first-order valence-electron chi connectivity index (χ1n) is 4.86. The summed E-state index contributed by atoms with van der Waals surface area (Å²) in [7, 11) is 1.14. The zero-order valence-electron chi connectivity index (χ0n) is 9.31. The van der Waals surface area contributed by atoms with E-state index in [-0.39, 0.29) is 0 Å². The van der Waals surface area contributed by atoms with Gasteiger partial charge >= 0.3 is 11.9 Å². The van der Waals surface area contributed by atoms with Crippen LogP contribution in [0.25, 0.3) is 11.1 Å².